The van der Waals surface area contributed by atoms with Gasteiger partial charge in [-0.15, -0.1) is 0 Å². The highest BCUT2D eigenvalue weighted by Gasteiger charge is 2.20. The Morgan fingerprint density at radius 2 is 1.91 bits per heavy atom. The highest BCUT2D eigenvalue weighted by Crippen LogP contribution is 2.09. The third-order valence-corrected chi connectivity index (χ3v) is 3.76. The van der Waals surface area contributed by atoms with Gasteiger partial charge in [-0.3, -0.25) is 4.79 Å². The minimum Gasteiger partial charge on any atom is -0.481 e. The van der Waals surface area contributed by atoms with E-state index in [0.717, 1.165) is 5.56 Å². The zero-order valence-corrected chi connectivity index (χ0v) is 13.7. The Balaban J connectivity index is 2.57. The summed E-state index contributed by atoms with van der Waals surface area (Å²) in [6.07, 6.45) is 1.43. The van der Waals surface area contributed by atoms with Crippen molar-refractivity contribution in [2.75, 3.05) is 6.54 Å². The zero-order chi connectivity index (χ0) is 17.3. The van der Waals surface area contributed by atoms with Gasteiger partial charge in [0.25, 0.3) is 0 Å². The Morgan fingerprint density at radius 1 is 1.26 bits per heavy atom. The van der Waals surface area contributed by atoms with Crippen LogP contribution >= 0.6 is 0 Å². The number of hydrogen-bond acceptors (Lipinski definition) is 3. The van der Waals surface area contributed by atoms with Gasteiger partial charge in [0.2, 0.25) is 0 Å². The number of rotatable bonds is 9. The summed E-state index contributed by atoms with van der Waals surface area (Å²) in [6, 6.07) is 8.92. The molecule has 1 rings (SSSR count). The van der Waals surface area contributed by atoms with Crippen molar-refractivity contribution in [3.05, 3.63) is 35.9 Å². The van der Waals surface area contributed by atoms with Gasteiger partial charge < -0.3 is 20.8 Å². The van der Waals surface area contributed by atoms with E-state index in [4.69, 9.17) is 5.11 Å². The molecule has 0 aliphatic rings. The summed E-state index contributed by atoms with van der Waals surface area (Å²) in [5.74, 6) is -0.890. The van der Waals surface area contributed by atoms with Crippen LogP contribution in [0, 0.1) is 0 Å². The van der Waals surface area contributed by atoms with Crippen LogP contribution in [-0.4, -0.2) is 40.4 Å². The SMILES string of the molecule is CCC(C)(O)CNC(=O)NC(CCC(=O)O)Cc1ccccc1. The van der Waals surface area contributed by atoms with Crippen LogP contribution in [0.4, 0.5) is 4.79 Å². The standard InChI is InChI=1S/C17H26N2O4/c1-3-17(2,23)12-18-16(22)19-14(9-10-15(20)21)11-13-7-5-4-6-8-13/h4-8,14,23H,3,9-12H2,1-2H3,(H,20,21)(H2,18,19,22). The number of aliphatic carboxylic acids is 1. The Bertz CT molecular complexity index is 503. The molecule has 0 saturated heterocycles. The van der Waals surface area contributed by atoms with E-state index in [2.05, 4.69) is 10.6 Å². The quantitative estimate of drug-likeness (QED) is 0.558. The first-order valence-corrected chi connectivity index (χ1v) is 7.85. The van der Waals surface area contributed by atoms with E-state index in [9.17, 15) is 14.7 Å². The lowest BCUT2D eigenvalue weighted by atomic mass is 10.0. The third kappa shape index (κ3) is 8.21. The number of benzene rings is 1. The molecule has 0 spiro atoms. The van der Waals surface area contributed by atoms with Crippen LogP contribution in [0.2, 0.25) is 0 Å². The van der Waals surface area contributed by atoms with Gasteiger partial charge in [0.05, 0.1) is 5.60 Å². The molecule has 2 unspecified atom stereocenters. The first-order valence-electron chi connectivity index (χ1n) is 7.85. The van der Waals surface area contributed by atoms with Gasteiger partial charge in [-0.2, -0.15) is 0 Å². The molecule has 6 heteroatoms. The Hall–Kier alpha value is -2.08. The summed E-state index contributed by atoms with van der Waals surface area (Å²) in [6.45, 7) is 3.64. The Kier molecular flexibility index (Phi) is 7.54. The topological polar surface area (TPSA) is 98.7 Å². The van der Waals surface area contributed by atoms with Gasteiger partial charge >= 0.3 is 12.0 Å². The minimum atomic E-state index is -0.951. The molecule has 0 aliphatic carbocycles. The number of aliphatic hydroxyl groups is 1. The van der Waals surface area contributed by atoms with E-state index in [1.807, 2.05) is 37.3 Å². The summed E-state index contributed by atoms with van der Waals surface area (Å²) < 4.78 is 0. The molecule has 0 saturated carbocycles. The molecule has 1 aromatic rings. The molecule has 23 heavy (non-hydrogen) atoms. The first-order chi connectivity index (χ1) is 10.8. The summed E-state index contributed by atoms with van der Waals surface area (Å²) >= 11 is 0. The smallest absolute Gasteiger partial charge is 0.315 e. The maximum atomic E-state index is 12.0. The number of carbonyl (C=O) groups excluding carboxylic acids is 1. The lowest BCUT2D eigenvalue weighted by molar-refractivity contribution is -0.137. The van der Waals surface area contributed by atoms with E-state index >= 15 is 0 Å². The van der Waals surface area contributed by atoms with Crippen LogP contribution in [0.5, 0.6) is 0 Å². The highest BCUT2D eigenvalue weighted by atomic mass is 16.4. The van der Waals surface area contributed by atoms with E-state index < -0.39 is 17.6 Å². The summed E-state index contributed by atoms with van der Waals surface area (Å²) in [4.78, 5) is 22.7. The Labute approximate surface area is 136 Å². The molecule has 2 amide bonds. The average molecular weight is 322 g/mol. The minimum absolute atomic E-state index is 0.00947. The first kappa shape index (κ1) is 19.0. The molecule has 0 radical (unpaired) electrons. The van der Waals surface area contributed by atoms with Gasteiger partial charge in [-0.05, 0) is 31.7 Å². The third-order valence-electron chi connectivity index (χ3n) is 3.76. The van der Waals surface area contributed by atoms with E-state index in [1.54, 1.807) is 6.92 Å². The molecule has 2 atom stereocenters. The molecule has 6 nitrogen and oxygen atoms in total. The summed E-state index contributed by atoms with van der Waals surface area (Å²) in [7, 11) is 0. The maximum absolute atomic E-state index is 12.0. The molecule has 0 aromatic heterocycles. The van der Waals surface area contributed by atoms with Crippen molar-refractivity contribution in [1.29, 1.82) is 0 Å². The van der Waals surface area contributed by atoms with Crippen molar-refractivity contribution in [3.8, 4) is 0 Å². The fourth-order valence-corrected chi connectivity index (χ4v) is 2.05. The summed E-state index contributed by atoms with van der Waals surface area (Å²) in [5.41, 5.74) is 0.0802. The van der Waals surface area contributed by atoms with Crippen molar-refractivity contribution in [2.45, 2.75) is 51.2 Å². The van der Waals surface area contributed by atoms with Crippen LogP contribution in [0.15, 0.2) is 30.3 Å². The van der Waals surface area contributed by atoms with Crippen molar-refractivity contribution < 1.29 is 19.8 Å². The number of carboxylic acids is 1. The molecule has 0 fully saturated rings. The lowest BCUT2D eigenvalue weighted by Crippen LogP contribution is -2.48. The summed E-state index contributed by atoms with van der Waals surface area (Å²) in [5, 5.41) is 24.2. The normalized spacial score (nSPS) is 14.6. The van der Waals surface area contributed by atoms with Crippen LogP contribution < -0.4 is 10.6 Å². The second kappa shape index (κ2) is 9.15. The van der Waals surface area contributed by atoms with E-state index in [-0.39, 0.29) is 19.0 Å². The van der Waals surface area contributed by atoms with Crippen LogP contribution in [0.3, 0.4) is 0 Å². The maximum Gasteiger partial charge on any atom is 0.315 e. The van der Waals surface area contributed by atoms with Crippen molar-refractivity contribution in [3.63, 3.8) is 0 Å². The van der Waals surface area contributed by atoms with Crippen molar-refractivity contribution in [2.24, 2.45) is 0 Å². The number of carboxylic acid groups (broad SMARTS) is 1. The van der Waals surface area contributed by atoms with Crippen LogP contribution in [-0.2, 0) is 11.2 Å². The zero-order valence-electron chi connectivity index (χ0n) is 13.7. The predicted molar refractivity (Wildman–Crippen MR) is 88.3 cm³/mol. The molecule has 0 aliphatic heterocycles. The largest absolute Gasteiger partial charge is 0.481 e. The molecular weight excluding hydrogens is 296 g/mol. The monoisotopic (exact) mass is 322 g/mol. The number of carbonyl (C=O) groups is 2. The average Bonchev–Trinajstić information content (AvgIpc) is 2.52. The van der Waals surface area contributed by atoms with E-state index in [1.165, 1.54) is 0 Å². The molecule has 4 N–H and O–H groups in total. The second-order valence-corrected chi connectivity index (χ2v) is 6.00. The number of urea groups is 1. The van der Waals surface area contributed by atoms with Crippen molar-refractivity contribution >= 4 is 12.0 Å². The lowest BCUT2D eigenvalue weighted by Gasteiger charge is -2.23. The highest BCUT2D eigenvalue weighted by molar-refractivity contribution is 5.74. The van der Waals surface area contributed by atoms with E-state index in [0.29, 0.717) is 19.3 Å². The van der Waals surface area contributed by atoms with Gasteiger partial charge in [0, 0.05) is 19.0 Å². The predicted octanol–water partition coefficient (Wildman–Crippen LogP) is 1.92. The van der Waals surface area contributed by atoms with Gasteiger partial charge in [-0.25, -0.2) is 4.79 Å². The fraction of sp³-hybridized carbons (Fsp3) is 0.529. The van der Waals surface area contributed by atoms with Gasteiger partial charge in [-0.1, -0.05) is 37.3 Å². The van der Waals surface area contributed by atoms with Crippen LogP contribution in [0.25, 0.3) is 0 Å². The van der Waals surface area contributed by atoms with Gasteiger partial charge in [0.15, 0.2) is 0 Å². The second-order valence-electron chi connectivity index (χ2n) is 6.00. The number of nitrogens with one attached hydrogen (secondary N) is 2. The molecular formula is C17H26N2O4. The van der Waals surface area contributed by atoms with Crippen LogP contribution in [0.1, 0.15) is 38.7 Å². The number of amides is 2. The Morgan fingerprint density at radius 3 is 2.48 bits per heavy atom. The molecule has 0 heterocycles. The molecule has 0 bridgehead atoms. The molecule has 128 valence electrons. The van der Waals surface area contributed by atoms with Crippen molar-refractivity contribution in [1.82, 2.24) is 10.6 Å². The molecule has 1 aromatic carbocycles. The number of hydrogen-bond donors (Lipinski definition) is 4. The van der Waals surface area contributed by atoms with Gasteiger partial charge in [0.1, 0.15) is 0 Å². The fourth-order valence-electron chi connectivity index (χ4n) is 2.05.